The van der Waals surface area contributed by atoms with E-state index in [2.05, 4.69) is 33.0 Å². The maximum atomic E-state index is 11.8. The van der Waals surface area contributed by atoms with Crippen LogP contribution in [0, 0.1) is 11.8 Å². The van der Waals surface area contributed by atoms with Crippen LogP contribution in [0.1, 0.15) is 44.6 Å². The molecule has 0 bridgehead atoms. The molecule has 0 aromatic heterocycles. The molecular formula is C24H37BrN2O3. The summed E-state index contributed by atoms with van der Waals surface area (Å²) in [6, 6.07) is 6.29. The van der Waals surface area contributed by atoms with Crippen molar-refractivity contribution < 1.29 is 14.3 Å². The molecule has 0 spiro atoms. The highest BCUT2D eigenvalue weighted by Crippen LogP contribution is 2.29. The number of halogens is 1. The lowest BCUT2D eigenvalue weighted by Crippen LogP contribution is -2.38. The lowest BCUT2D eigenvalue weighted by atomic mass is 9.93. The summed E-state index contributed by atoms with van der Waals surface area (Å²) in [5.74, 6) is 2.72. The minimum Gasteiger partial charge on any atom is -0.491 e. The van der Waals surface area contributed by atoms with Gasteiger partial charge < -0.3 is 19.3 Å². The Kier molecular flexibility index (Phi) is 9.47. The number of rotatable bonds is 10. The first kappa shape index (κ1) is 23.6. The van der Waals surface area contributed by atoms with E-state index in [1.54, 1.807) is 7.11 Å². The van der Waals surface area contributed by atoms with Crippen LogP contribution in [-0.2, 0) is 16.0 Å². The summed E-state index contributed by atoms with van der Waals surface area (Å²) in [6.45, 7) is 8.66. The molecule has 2 aliphatic heterocycles. The molecule has 30 heavy (non-hydrogen) atoms. The highest BCUT2D eigenvalue weighted by molar-refractivity contribution is 9.10. The largest absolute Gasteiger partial charge is 0.491 e. The summed E-state index contributed by atoms with van der Waals surface area (Å²) >= 11 is 3.72. The van der Waals surface area contributed by atoms with Gasteiger partial charge in [0.25, 0.3) is 0 Å². The molecule has 1 aromatic carbocycles. The van der Waals surface area contributed by atoms with Crippen molar-refractivity contribution in [3.63, 3.8) is 0 Å². The molecule has 0 N–H and O–H groups in total. The summed E-state index contributed by atoms with van der Waals surface area (Å²) in [7, 11) is 1.69. The standard InChI is InChI=1S/C24H37BrN2O3/c1-3-24(28)27-12-8-19(9-13-27)6-10-26-11-7-20(18-26)16-21-17-22(4-5-23(21)25)30-15-14-29-2/h4-5,17,19-20H,3,6-16,18H2,1-2H3. The molecule has 2 aliphatic rings. The zero-order valence-corrected chi connectivity index (χ0v) is 20.2. The first-order valence-electron chi connectivity index (χ1n) is 11.5. The lowest BCUT2D eigenvalue weighted by Gasteiger charge is -2.32. The fraction of sp³-hybridized carbons (Fsp3) is 0.708. The van der Waals surface area contributed by atoms with Gasteiger partial charge in [-0.05, 0) is 80.8 Å². The van der Waals surface area contributed by atoms with E-state index in [4.69, 9.17) is 9.47 Å². The monoisotopic (exact) mass is 480 g/mol. The predicted octanol–water partition coefficient (Wildman–Crippen LogP) is 4.38. The van der Waals surface area contributed by atoms with Gasteiger partial charge in [0.1, 0.15) is 12.4 Å². The van der Waals surface area contributed by atoms with Gasteiger partial charge in [0.05, 0.1) is 6.61 Å². The Hall–Kier alpha value is -1.11. The van der Waals surface area contributed by atoms with E-state index in [9.17, 15) is 4.79 Å². The molecule has 168 valence electrons. The third kappa shape index (κ3) is 6.96. The summed E-state index contributed by atoms with van der Waals surface area (Å²) in [6.07, 6.45) is 6.61. The van der Waals surface area contributed by atoms with Crippen molar-refractivity contribution in [3.05, 3.63) is 28.2 Å². The van der Waals surface area contributed by atoms with Crippen molar-refractivity contribution in [2.75, 3.05) is 53.0 Å². The van der Waals surface area contributed by atoms with Crippen molar-refractivity contribution >= 4 is 21.8 Å². The van der Waals surface area contributed by atoms with Gasteiger partial charge in [0.2, 0.25) is 5.91 Å². The summed E-state index contributed by atoms with van der Waals surface area (Å²) in [4.78, 5) is 16.5. The molecule has 2 fully saturated rings. The van der Waals surface area contributed by atoms with Crippen LogP contribution in [0.3, 0.4) is 0 Å². The van der Waals surface area contributed by atoms with Gasteiger partial charge in [-0.3, -0.25) is 4.79 Å². The number of benzene rings is 1. The van der Waals surface area contributed by atoms with Gasteiger partial charge >= 0.3 is 0 Å². The third-order valence-corrected chi connectivity index (χ3v) is 7.35. The van der Waals surface area contributed by atoms with E-state index >= 15 is 0 Å². The number of ether oxygens (including phenoxy) is 2. The third-order valence-electron chi connectivity index (χ3n) is 6.58. The minimum atomic E-state index is 0.315. The van der Waals surface area contributed by atoms with Crippen molar-refractivity contribution in [1.29, 1.82) is 0 Å². The summed E-state index contributed by atoms with van der Waals surface area (Å²) in [5, 5.41) is 0. The quantitative estimate of drug-likeness (QED) is 0.466. The number of carbonyl (C=O) groups is 1. The Morgan fingerprint density at radius 2 is 1.90 bits per heavy atom. The number of piperidine rings is 1. The van der Waals surface area contributed by atoms with Crippen LogP contribution in [0.4, 0.5) is 0 Å². The molecule has 2 heterocycles. The zero-order chi connectivity index (χ0) is 21.3. The van der Waals surface area contributed by atoms with Crippen LogP contribution in [0.15, 0.2) is 22.7 Å². The molecule has 3 rings (SSSR count). The average Bonchev–Trinajstić information content (AvgIpc) is 3.22. The molecule has 2 saturated heterocycles. The molecule has 1 unspecified atom stereocenters. The Balaban J connectivity index is 1.40. The summed E-state index contributed by atoms with van der Waals surface area (Å²) < 4.78 is 12.0. The average molecular weight is 481 g/mol. The van der Waals surface area contributed by atoms with Crippen LogP contribution < -0.4 is 4.74 Å². The van der Waals surface area contributed by atoms with Crippen LogP contribution in [-0.4, -0.2) is 68.8 Å². The van der Waals surface area contributed by atoms with Gasteiger partial charge in [-0.15, -0.1) is 0 Å². The van der Waals surface area contributed by atoms with Crippen molar-refractivity contribution in [2.45, 2.75) is 45.4 Å². The fourth-order valence-electron chi connectivity index (χ4n) is 4.69. The van der Waals surface area contributed by atoms with E-state index in [1.165, 1.54) is 55.4 Å². The van der Waals surface area contributed by atoms with E-state index in [0.717, 1.165) is 31.2 Å². The second kappa shape index (κ2) is 12.1. The Morgan fingerprint density at radius 1 is 1.13 bits per heavy atom. The predicted molar refractivity (Wildman–Crippen MR) is 124 cm³/mol. The topological polar surface area (TPSA) is 42.0 Å². The van der Waals surface area contributed by atoms with Gasteiger partial charge in [0.15, 0.2) is 0 Å². The number of methoxy groups -OCH3 is 1. The smallest absolute Gasteiger partial charge is 0.222 e. The first-order valence-corrected chi connectivity index (χ1v) is 12.3. The number of hydrogen-bond acceptors (Lipinski definition) is 4. The second-order valence-electron chi connectivity index (χ2n) is 8.72. The molecular weight excluding hydrogens is 444 g/mol. The van der Waals surface area contributed by atoms with Gasteiger partial charge in [-0.1, -0.05) is 22.9 Å². The normalized spacial score (nSPS) is 20.6. The van der Waals surface area contributed by atoms with Crippen LogP contribution in [0.5, 0.6) is 5.75 Å². The van der Waals surface area contributed by atoms with E-state index < -0.39 is 0 Å². The number of carbonyl (C=O) groups excluding carboxylic acids is 1. The van der Waals surface area contributed by atoms with Crippen LogP contribution in [0.2, 0.25) is 0 Å². The van der Waals surface area contributed by atoms with Gasteiger partial charge in [-0.25, -0.2) is 0 Å². The lowest BCUT2D eigenvalue weighted by molar-refractivity contribution is -0.132. The molecule has 1 atom stereocenters. The van der Waals surface area contributed by atoms with E-state index in [1.807, 2.05) is 17.9 Å². The molecule has 0 aliphatic carbocycles. The maximum Gasteiger partial charge on any atom is 0.222 e. The van der Waals surface area contributed by atoms with Crippen molar-refractivity contribution in [1.82, 2.24) is 9.80 Å². The molecule has 1 aromatic rings. The first-order chi connectivity index (χ1) is 14.6. The highest BCUT2D eigenvalue weighted by atomic mass is 79.9. The molecule has 6 heteroatoms. The number of likely N-dealkylation sites (tertiary alicyclic amines) is 2. The van der Waals surface area contributed by atoms with E-state index in [0.29, 0.717) is 31.5 Å². The summed E-state index contributed by atoms with van der Waals surface area (Å²) in [5.41, 5.74) is 1.34. The zero-order valence-electron chi connectivity index (χ0n) is 18.6. The number of hydrogen-bond donors (Lipinski definition) is 0. The Morgan fingerprint density at radius 3 is 2.63 bits per heavy atom. The van der Waals surface area contributed by atoms with Gasteiger partial charge in [0, 0.05) is 37.6 Å². The van der Waals surface area contributed by atoms with Crippen molar-refractivity contribution in [3.8, 4) is 5.75 Å². The fourth-order valence-corrected chi connectivity index (χ4v) is 5.10. The SMILES string of the molecule is CCC(=O)N1CCC(CCN2CCC(Cc3cc(OCCOC)ccc3Br)C2)CC1. The molecule has 5 nitrogen and oxygen atoms in total. The van der Waals surface area contributed by atoms with Gasteiger partial charge in [-0.2, -0.15) is 0 Å². The Bertz CT molecular complexity index is 676. The molecule has 0 saturated carbocycles. The van der Waals surface area contributed by atoms with Crippen LogP contribution >= 0.6 is 15.9 Å². The second-order valence-corrected chi connectivity index (χ2v) is 9.57. The Labute approximate surface area is 190 Å². The number of nitrogens with zero attached hydrogens (tertiary/aromatic N) is 2. The highest BCUT2D eigenvalue weighted by Gasteiger charge is 2.26. The molecule has 1 amide bonds. The molecule has 0 radical (unpaired) electrons. The van der Waals surface area contributed by atoms with Crippen molar-refractivity contribution in [2.24, 2.45) is 11.8 Å². The van der Waals surface area contributed by atoms with Crippen LogP contribution in [0.25, 0.3) is 0 Å². The maximum absolute atomic E-state index is 11.8. The van der Waals surface area contributed by atoms with E-state index in [-0.39, 0.29) is 0 Å². The minimum absolute atomic E-state index is 0.315. The number of amides is 1.